The molecule has 0 spiro atoms. The Morgan fingerprint density at radius 2 is 1.56 bits per heavy atom. The summed E-state index contributed by atoms with van der Waals surface area (Å²) in [6.07, 6.45) is -0.342. The Morgan fingerprint density at radius 1 is 1.00 bits per heavy atom. The number of hydrogen-bond donors (Lipinski definition) is 0. The molecule has 150 valence electrons. The molecule has 0 unspecified atom stereocenters. The van der Waals surface area contributed by atoms with Crippen molar-refractivity contribution < 1.29 is 14.3 Å². The van der Waals surface area contributed by atoms with Crippen molar-refractivity contribution in [2.75, 3.05) is 13.1 Å². The highest BCUT2D eigenvalue weighted by Gasteiger charge is 2.41. The molecule has 6 heteroatoms. The number of amides is 2. The Morgan fingerprint density at radius 3 is 2.04 bits per heavy atom. The van der Waals surface area contributed by atoms with Gasteiger partial charge < -0.3 is 9.64 Å². The van der Waals surface area contributed by atoms with E-state index in [0.29, 0.717) is 13.1 Å². The smallest absolute Gasteiger partial charge is 0.410 e. The van der Waals surface area contributed by atoms with Crippen molar-refractivity contribution in [2.24, 2.45) is 5.41 Å². The fourth-order valence-electron chi connectivity index (χ4n) is 3.18. The lowest BCUT2D eigenvalue weighted by Crippen LogP contribution is -2.59. The van der Waals surface area contributed by atoms with Gasteiger partial charge >= 0.3 is 6.09 Å². The number of halogens is 1. The van der Waals surface area contributed by atoms with Crippen molar-refractivity contribution in [3.8, 4) is 0 Å². The number of ether oxygens (including phenoxy) is 1. The highest BCUT2D eigenvalue weighted by Crippen LogP contribution is 2.32. The van der Waals surface area contributed by atoms with Crippen LogP contribution in [0.2, 0.25) is 0 Å². The van der Waals surface area contributed by atoms with E-state index >= 15 is 0 Å². The average molecular weight is 439 g/mol. The third kappa shape index (κ3) is 5.47. The average Bonchev–Trinajstić information content (AvgIpc) is 2.52. The van der Waals surface area contributed by atoms with Gasteiger partial charge in [0.1, 0.15) is 5.60 Å². The Kier molecular flexibility index (Phi) is 6.30. The monoisotopic (exact) mass is 438 g/mol. The van der Waals surface area contributed by atoms with Gasteiger partial charge in [-0.15, -0.1) is 0 Å². The van der Waals surface area contributed by atoms with Gasteiger partial charge in [-0.2, -0.15) is 0 Å². The fourth-order valence-corrected chi connectivity index (χ4v) is 3.45. The van der Waals surface area contributed by atoms with Crippen LogP contribution in [-0.4, -0.2) is 46.5 Å². The summed E-state index contributed by atoms with van der Waals surface area (Å²) in [6.45, 7) is 14.3. The number of hydrogen-bond acceptors (Lipinski definition) is 3. The van der Waals surface area contributed by atoms with Crippen molar-refractivity contribution in [1.29, 1.82) is 0 Å². The molecule has 1 heterocycles. The van der Waals surface area contributed by atoms with Crippen molar-refractivity contribution in [2.45, 2.75) is 66.2 Å². The highest BCUT2D eigenvalue weighted by molar-refractivity contribution is 9.10. The molecule has 1 fully saturated rings. The lowest BCUT2D eigenvalue weighted by atomic mass is 9.91. The largest absolute Gasteiger partial charge is 0.444 e. The van der Waals surface area contributed by atoms with Gasteiger partial charge in [-0.05, 0) is 45.4 Å². The van der Waals surface area contributed by atoms with E-state index in [4.69, 9.17) is 4.74 Å². The van der Waals surface area contributed by atoms with Gasteiger partial charge in [0.25, 0.3) is 0 Å². The van der Waals surface area contributed by atoms with Crippen LogP contribution in [0.5, 0.6) is 0 Å². The Labute approximate surface area is 171 Å². The van der Waals surface area contributed by atoms with E-state index in [-0.39, 0.29) is 24.1 Å². The second-order valence-electron chi connectivity index (χ2n) is 9.26. The van der Waals surface area contributed by atoms with Gasteiger partial charge in [0.15, 0.2) is 0 Å². The third-order valence-electron chi connectivity index (χ3n) is 4.52. The maximum atomic E-state index is 13.0. The summed E-state index contributed by atoms with van der Waals surface area (Å²) in [5, 5.41) is 0. The van der Waals surface area contributed by atoms with Crippen molar-refractivity contribution in [3.63, 3.8) is 0 Å². The molecule has 1 saturated heterocycles. The van der Waals surface area contributed by atoms with Gasteiger partial charge in [0.05, 0.1) is 6.04 Å². The SMILES string of the molecule is C[C@@H]1CN(C(=O)OC(C)(C)C)[C@@H](c2ccc(Br)cc2)CN1C(=O)C(C)(C)C. The molecule has 0 N–H and O–H groups in total. The Bertz CT molecular complexity index is 689. The van der Waals surface area contributed by atoms with E-state index in [1.807, 2.05) is 77.6 Å². The topological polar surface area (TPSA) is 49.9 Å². The zero-order chi connectivity index (χ0) is 20.6. The van der Waals surface area contributed by atoms with Gasteiger partial charge in [0, 0.05) is 29.0 Å². The normalized spacial score (nSPS) is 21.2. The molecule has 0 radical (unpaired) electrons. The van der Waals surface area contributed by atoms with E-state index in [0.717, 1.165) is 10.0 Å². The molecular formula is C21H31BrN2O3. The zero-order valence-electron chi connectivity index (χ0n) is 17.4. The first kappa shape index (κ1) is 21.7. The number of nitrogens with zero attached hydrogens (tertiary/aromatic N) is 2. The quantitative estimate of drug-likeness (QED) is 0.619. The fraction of sp³-hybridized carbons (Fsp3) is 0.619. The molecular weight excluding hydrogens is 408 g/mol. The molecule has 1 aliphatic rings. The third-order valence-corrected chi connectivity index (χ3v) is 5.05. The van der Waals surface area contributed by atoms with Gasteiger partial charge in [-0.3, -0.25) is 9.69 Å². The van der Waals surface area contributed by atoms with Crippen LogP contribution in [0.15, 0.2) is 28.7 Å². The predicted octanol–water partition coefficient (Wildman–Crippen LogP) is 5.00. The summed E-state index contributed by atoms with van der Waals surface area (Å²) in [7, 11) is 0. The molecule has 5 nitrogen and oxygen atoms in total. The summed E-state index contributed by atoms with van der Waals surface area (Å²) in [6, 6.07) is 7.57. The van der Waals surface area contributed by atoms with E-state index in [1.165, 1.54) is 0 Å². The molecule has 2 rings (SSSR count). The van der Waals surface area contributed by atoms with Gasteiger partial charge in [-0.1, -0.05) is 48.8 Å². The molecule has 0 bridgehead atoms. The predicted molar refractivity (Wildman–Crippen MR) is 110 cm³/mol. The van der Waals surface area contributed by atoms with Crippen molar-refractivity contribution in [3.05, 3.63) is 34.3 Å². The van der Waals surface area contributed by atoms with E-state index in [9.17, 15) is 9.59 Å². The Balaban J connectivity index is 2.37. The van der Waals surface area contributed by atoms with Crippen LogP contribution in [-0.2, 0) is 9.53 Å². The summed E-state index contributed by atoms with van der Waals surface area (Å²) in [5.41, 5.74) is -0.0436. The van der Waals surface area contributed by atoms with Gasteiger partial charge in [-0.25, -0.2) is 4.79 Å². The minimum absolute atomic E-state index is 0.0732. The van der Waals surface area contributed by atoms with Crippen LogP contribution in [0.3, 0.4) is 0 Å². The summed E-state index contributed by atoms with van der Waals surface area (Å²) < 4.78 is 6.61. The summed E-state index contributed by atoms with van der Waals surface area (Å²) in [4.78, 5) is 29.5. The van der Waals surface area contributed by atoms with Crippen LogP contribution in [0.4, 0.5) is 4.79 Å². The van der Waals surface area contributed by atoms with Crippen LogP contribution >= 0.6 is 15.9 Å². The van der Waals surface area contributed by atoms with E-state index < -0.39 is 11.0 Å². The first-order valence-corrected chi connectivity index (χ1v) is 10.1. The minimum atomic E-state index is -0.567. The molecule has 0 saturated carbocycles. The molecule has 0 aliphatic carbocycles. The molecule has 1 aromatic carbocycles. The zero-order valence-corrected chi connectivity index (χ0v) is 19.0. The van der Waals surface area contributed by atoms with E-state index in [1.54, 1.807) is 4.90 Å². The molecule has 2 amide bonds. The molecule has 27 heavy (non-hydrogen) atoms. The molecule has 1 aromatic rings. The second kappa shape index (κ2) is 7.82. The van der Waals surface area contributed by atoms with Crippen LogP contribution < -0.4 is 0 Å². The number of carbonyl (C=O) groups excluding carboxylic acids is 2. The maximum Gasteiger partial charge on any atom is 0.410 e. The number of rotatable bonds is 1. The van der Waals surface area contributed by atoms with Crippen molar-refractivity contribution >= 4 is 27.9 Å². The standard InChI is InChI=1S/C21H31BrN2O3/c1-14-12-24(19(26)27-21(5,6)7)17(15-8-10-16(22)11-9-15)13-23(14)18(25)20(2,3)4/h8-11,14,17H,12-13H2,1-7H3/t14-,17-/m1/s1. The van der Waals surface area contributed by atoms with Crippen molar-refractivity contribution in [1.82, 2.24) is 9.80 Å². The summed E-state index contributed by atoms with van der Waals surface area (Å²) in [5.74, 6) is 0.0981. The highest BCUT2D eigenvalue weighted by atomic mass is 79.9. The molecule has 0 aromatic heterocycles. The number of benzene rings is 1. The number of piperazine rings is 1. The number of carbonyl (C=O) groups is 2. The first-order chi connectivity index (χ1) is 12.3. The van der Waals surface area contributed by atoms with Crippen LogP contribution in [0.1, 0.15) is 60.1 Å². The van der Waals surface area contributed by atoms with Gasteiger partial charge in [0.2, 0.25) is 5.91 Å². The van der Waals surface area contributed by atoms with Crippen LogP contribution in [0.25, 0.3) is 0 Å². The lowest BCUT2D eigenvalue weighted by molar-refractivity contribution is -0.145. The Hall–Kier alpha value is -1.56. The summed E-state index contributed by atoms with van der Waals surface area (Å²) >= 11 is 3.45. The lowest BCUT2D eigenvalue weighted by Gasteiger charge is -2.47. The minimum Gasteiger partial charge on any atom is -0.444 e. The first-order valence-electron chi connectivity index (χ1n) is 9.36. The molecule has 2 atom stereocenters. The van der Waals surface area contributed by atoms with E-state index in [2.05, 4.69) is 15.9 Å². The second-order valence-corrected chi connectivity index (χ2v) is 10.2. The van der Waals surface area contributed by atoms with Crippen LogP contribution in [0, 0.1) is 5.41 Å². The maximum absolute atomic E-state index is 13.0. The molecule has 1 aliphatic heterocycles.